The van der Waals surface area contributed by atoms with Gasteiger partial charge in [0.25, 0.3) is 0 Å². The average molecular weight is 164 g/mol. The summed E-state index contributed by atoms with van der Waals surface area (Å²) in [5.74, 6) is 0.290. The molecule has 1 aromatic rings. The summed E-state index contributed by atoms with van der Waals surface area (Å²) in [6.45, 7) is 5.43. The number of phenolic OH excluding ortho intramolecular Hbond substituents is 1. The molecule has 0 fully saturated rings. The highest BCUT2D eigenvalue weighted by Gasteiger charge is 2.07. The van der Waals surface area contributed by atoms with Gasteiger partial charge in [-0.2, -0.15) is 0 Å². The highest BCUT2D eigenvalue weighted by atomic mass is 16.3. The van der Waals surface area contributed by atoms with E-state index in [0.717, 1.165) is 23.0 Å². The third kappa shape index (κ3) is 1.20. The summed E-state index contributed by atoms with van der Waals surface area (Å²) in [5, 5.41) is 9.49. The van der Waals surface area contributed by atoms with E-state index in [0.29, 0.717) is 5.56 Å². The molecule has 2 nitrogen and oxygen atoms in total. The van der Waals surface area contributed by atoms with Gasteiger partial charge >= 0.3 is 0 Å². The fourth-order valence-electron chi connectivity index (χ4n) is 1.22. The number of hydrogen-bond acceptors (Lipinski definition) is 2. The van der Waals surface area contributed by atoms with Gasteiger partial charge in [0.15, 0.2) is 0 Å². The molecule has 1 aromatic carbocycles. The first-order valence-corrected chi connectivity index (χ1v) is 3.83. The highest BCUT2D eigenvalue weighted by molar-refractivity contribution is 5.79. The van der Waals surface area contributed by atoms with Crippen LogP contribution in [-0.4, -0.2) is 11.4 Å². The van der Waals surface area contributed by atoms with E-state index in [2.05, 4.69) is 0 Å². The molecule has 0 saturated heterocycles. The fraction of sp³-hybridized carbons (Fsp3) is 0.300. The van der Waals surface area contributed by atoms with E-state index in [1.807, 2.05) is 13.8 Å². The third-order valence-electron chi connectivity index (χ3n) is 2.22. The molecule has 2 heteroatoms. The summed E-state index contributed by atoms with van der Waals surface area (Å²) >= 11 is 0. The highest BCUT2D eigenvalue weighted by Crippen LogP contribution is 2.26. The lowest BCUT2D eigenvalue weighted by molar-refractivity contribution is 0.112. The summed E-state index contributed by atoms with van der Waals surface area (Å²) in [7, 11) is 0. The average Bonchev–Trinajstić information content (AvgIpc) is 2.08. The topological polar surface area (TPSA) is 37.3 Å². The molecule has 0 bridgehead atoms. The monoisotopic (exact) mass is 164 g/mol. The molecule has 64 valence electrons. The number of rotatable bonds is 1. The van der Waals surface area contributed by atoms with E-state index in [1.54, 1.807) is 13.0 Å². The quantitative estimate of drug-likeness (QED) is 0.645. The normalized spacial score (nSPS) is 9.92. The summed E-state index contributed by atoms with van der Waals surface area (Å²) in [5.41, 5.74) is 3.05. The molecule has 0 aliphatic heterocycles. The summed E-state index contributed by atoms with van der Waals surface area (Å²) < 4.78 is 0. The van der Waals surface area contributed by atoms with Gasteiger partial charge in [0.1, 0.15) is 12.0 Å². The van der Waals surface area contributed by atoms with Crippen molar-refractivity contribution in [2.75, 3.05) is 0 Å². The molecule has 12 heavy (non-hydrogen) atoms. The number of carbonyl (C=O) groups excluding carboxylic acids is 1. The van der Waals surface area contributed by atoms with Crippen LogP contribution in [0, 0.1) is 20.8 Å². The van der Waals surface area contributed by atoms with Gasteiger partial charge in [-0.3, -0.25) is 4.79 Å². The molecular formula is C10H12O2. The van der Waals surface area contributed by atoms with Crippen molar-refractivity contribution in [3.63, 3.8) is 0 Å². The van der Waals surface area contributed by atoms with Crippen molar-refractivity contribution in [2.45, 2.75) is 20.8 Å². The van der Waals surface area contributed by atoms with Crippen molar-refractivity contribution in [3.05, 3.63) is 28.3 Å². The lowest BCUT2D eigenvalue weighted by Gasteiger charge is -2.08. The fourth-order valence-corrected chi connectivity index (χ4v) is 1.22. The van der Waals surface area contributed by atoms with Gasteiger partial charge in [-0.25, -0.2) is 0 Å². The van der Waals surface area contributed by atoms with Crippen LogP contribution in [0.3, 0.4) is 0 Å². The molecule has 1 rings (SSSR count). The van der Waals surface area contributed by atoms with Crippen molar-refractivity contribution in [1.29, 1.82) is 0 Å². The first-order valence-electron chi connectivity index (χ1n) is 3.83. The Labute approximate surface area is 71.8 Å². The number of carbonyl (C=O) groups is 1. The maximum Gasteiger partial charge on any atom is 0.150 e. The van der Waals surface area contributed by atoms with Gasteiger partial charge in [-0.1, -0.05) is 0 Å². The Kier molecular flexibility index (Phi) is 2.18. The predicted octanol–water partition coefficient (Wildman–Crippen LogP) is 2.13. The number of phenols is 1. The predicted molar refractivity (Wildman–Crippen MR) is 47.7 cm³/mol. The zero-order chi connectivity index (χ0) is 9.30. The van der Waals surface area contributed by atoms with Crippen molar-refractivity contribution in [2.24, 2.45) is 0 Å². The van der Waals surface area contributed by atoms with E-state index in [9.17, 15) is 9.90 Å². The van der Waals surface area contributed by atoms with Crippen LogP contribution in [0.5, 0.6) is 5.75 Å². The molecule has 0 saturated carbocycles. The minimum Gasteiger partial charge on any atom is -0.507 e. The number of benzene rings is 1. The van der Waals surface area contributed by atoms with Crippen molar-refractivity contribution in [1.82, 2.24) is 0 Å². The maximum atomic E-state index is 10.6. The first kappa shape index (κ1) is 8.78. The standard InChI is InChI=1S/C10H12O2/c1-6-4-9(5-11)7(2)8(3)10(6)12/h4-5,12H,1-3H3. The van der Waals surface area contributed by atoms with Crippen LogP contribution in [0.2, 0.25) is 0 Å². The first-order chi connectivity index (χ1) is 5.57. The second kappa shape index (κ2) is 2.97. The van der Waals surface area contributed by atoms with Crippen LogP contribution >= 0.6 is 0 Å². The number of aldehydes is 1. The zero-order valence-electron chi connectivity index (χ0n) is 7.51. The number of aryl methyl sites for hydroxylation is 1. The maximum absolute atomic E-state index is 10.6. The largest absolute Gasteiger partial charge is 0.507 e. The van der Waals surface area contributed by atoms with E-state index in [4.69, 9.17) is 0 Å². The van der Waals surface area contributed by atoms with Gasteiger partial charge in [-0.05, 0) is 43.5 Å². The van der Waals surface area contributed by atoms with Crippen LogP contribution in [-0.2, 0) is 0 Å². The SMILES string of the molecule is Cc1cc(C=O)c(C)c(C)c1O. The van der Waals surface area contributed by atoms with Crippen LogP contribution in [0.1, 0.15) is 27.0 Å². The molecule has 0 atom stereocenters. The van der Waals surface area contributed by atoms with Crippen molar-refractivity contribution in [3.8, 4) is 5.75 Å². The molecule has 0 aliphatic carbocycles. The van der Waals surface area contributed by atoms with Gasteiger partial charge in [-0.15, -0.1) is 0 Å². The molecule has 0 amide bonds. The minimum atomic E-state index is 0.290. The molecule has 0 spiro atoms. The molecule has 0 aliphatic rings. The summed E-state index contributed by atoms with van der Waals surface area (Å²) in [6.07, 6.45) is 0.814. The smallest absolute Gasteiger partial charge is 0.150 e. The summed E-state index contributed by atoms with van der Waals surface area (Å²) in [4.78, 5) is 10.6. The second-order valence-electron chi connectivity index (χ2n) is 3.00. The van der Waals surface area contributed by atoms with Crippen LogP contribution in [0.4, 0.5) is 0 Å². The lowest BCUT2D eigenvalue weighted by atomic mass is 10.00. The Morgan fingerprint density at radius 1 is 1.25 bits per heavy atom. The number of hydrogen-bond donors (Lipinski definition) is 1. The summed E-state index contributed by atoms with van der Waals surface area (Å²) in [6, 6.07) is 1.70. The molecule has 0 aromatic heterocycles. The Morgan fingerprint density at radius 2 is 1.83 bits per heavy atom. The Bertz CT molecular complexity index is 327. The van der Waals surface area contributed by atoms with Crippen molar-refractivity contribution < 1.29 is 9.90 Å². The molecule has 0 heterocycles. The molecular weight excluding hydrogens is 152 g/mol. The molecule has 0 unspecified atom stereocenters. The van der Waals surface area contributed by atoms with E-state index in [-0.39, 0.29) is 5.75 Å². The minimum absolute atomic E-state index is 0.290. The Hall–Kier alpha value is -1.31. The van der Waals surface area contributed by atoms with Crippen LogP contribution in [0.15, 0.2) is 6.07 Å². The van der Waals surface area contributed by atoms with Crippen molar-refractivity contribution >= 4 is 6.29 Å². The Balaban J connectivity index is 3.49. The van der Waals surface area contributed by atoms with Gasteiger partial charge in [0, 0.05) is 5.56 Å². The van der Waals surface area contributed by atoms with Crippen LogP contribution < -0.4 is 0 Å². The number of aromatic hydroxyl groups is 1. The third-order valence-corrected chi connectivity index (χ3v) is 2.22. The second-order valence-corrected chi connectivity index (χ2v) is 3.00. The van der Waals surface area contributed by atoms with Gasteiger partial charge in [0.05, 0.1) is 0 Å². The van der Waals surface area contributed by atoms with Crippen LogP contribution in [0.25, 0.3) is 0 Å². The zero-order valence-corrected chi connectivity index (χ0v) is 7.51. The molecule has 1 N–H and O–H groups in total. The molecule has 0 radical (unpaired) electrons. The lowest BCUT2D eigenvalue weighted by Crippen LogP contribution is -1.92. The van der Waals surface area contributed by atoms with Gasteiger partial charge in [0.2, 0.25) is 0 Å². The van der Waals surface area contributed by atoms with E-state index in [1.165, 1.54) is 0 Å². The van der Waals surface area contributed by atoms with E-state index < -0.39 is 0 Å². The Morgan fingerprint density at radius 3 is 2.33 bits per heavy atom. The van der Waals surface area contributed by atoms with E-state index >= 15 is 0 Å². The van der Waals surface area contributed by atoms with Gasteiger partial charge < -0.3 is 5.11 Å².